The van der Waals surface area contributed by atoms with Crippen LogP contribution in [0, 0.1) is 6.92 Å². The highest BCUT2D eigenvalue weighted by Crippen LogP contribution is 2.22. The Bertz CT molecular complexity index is 734. The summed E-state index contributed by atoms with van der Waals surface area (Å²) in [7, 11) is 0. The Morgan fingerprint density at radius 2 is 2.18 bits per heavy atom. The topological polar surface area (TPSA) is 68.1 Å². The molecule has 0 bridgehead atoms. The van der Waals surface area contributed by atoms with E-state index in [0.29, 0.717) is 24.4 Å². The second-order valence-corrected chi connectivity index (χ2v) is 6.62. The zero-order valence-corrected chi connectivity index (χ0v) is 13.7. The van der Waals surface area contributed by atoms with E-state index in [2.05, 4.69) is 21.7 Å². The van der Waals surface area contributed by atoms with Crippen molar-refractivity contribution in [2.24, 2.45) is 0 Å². The second kappa shape index (κ2) is 5.64. The first-order chi connectivity index (χ1) is 10.5. The molecule has 0 fully saturated rings. The van der Waals surface area contributed by atoms with Crippen molar-refractivity contribution in [3.8, 4) is 0 Å². The van der Waals surface area contributed by atoms with Crippen LogP contribution in [-0.4, -0.2) is 37.9 Å². The van der Waals surface area contributed by atoms with E-state index in [1.165, 1.54) is 11.3 Å². The summed E-state index contributed by atoms with van der Waals surface area (Å²) in [5.41, 5.74) is 0.899. The first-order valence-corrected chi connectivity index (χ1v) is 8.10. The minimum Gasteiger partial charge on any atom is -0.333 e. The Labute approximate surface area is 132 Å². The predicted molar refractivity (Wildman–Crippen MR) is 82.9 cm³/mol. The van der Waals surface area contributed by atoms with E-state index < -0.39 is 0 Å². The van der Waals surface area contributed by atoms with Gasteiger partial charge in [0.25, 0.3) is 0 Å². The number of rotatable bonds is 3. The third kappa shape index (κ3) is 2.68. The van der Waals surface area contributed by atoms with Gasteiger partial charge in [0.2, 0.25) is 5.91 Å². The Kier molecular flexibility index (Phi) is 3.82. The lowest BCUT2D eigenvalue weighted by atomic mass is 10.1. The van der Waals surface area contributed by atoms with Crippen molar-refractivity contribution in [3.63, 3.8) is 0 Å². The van der Waals surface area contributed by atoms with Gasteiger partial charge in [-0.1, -0.05) is 0 Å². The van der Waals surface area contributed by atoms with Gasteiger partial charge in [0, 0.05) is 6.54 Å². The largest absolute Gasteiger partial charge is 0.333 e. The van der Waals surface area contributed by atoms with E-state index >= 15 is 0 Å². The normalized spacial score (nSPS) is 17.4. The average Bonchev–Trinajstić information content (AvgIpc) is 3.06. The third-order valence-corrected chi connectivity index (χ3v) is 4.98. The van der Waals surface area contributed by atoms with E-state index in [1.54, 1.807) is 6.92 Å². The molecule has 0 N–H and O–H groups in total. The molecule has 3 rings (SSSR count). The molecule has 2 aromatic heterocycles. The molecule has 0 spiro atoms. The zero-order chi connectivity index (χ0) is 15.9. The first kappa shape index (κ1) is 14.9. The highest BCUT2D eigenvalue weighted by molar-refractivity contribution is 7.12. The molecular formula is C15H18N4O2S. The minimum atomic E-state index is 0.0406. The van der Waals surface area contributed by atoms with Crippen LogP contribution >= 0.6 is 11.3 Å². The summed E-state index contributed by atoms with van der Waals surface area (Å²) in [5.74, 6) is 1.82. The summed E-state index contributed by atoms with van der Waals surface area (Å²) in [6.07, 6.45) is 0.323. The molecule has 0 saturated heterocycles. The van der Waals surface area contributed by atoms with Gasteiger partial charge in [-0.15, -0.1) is 21.5 Å². The molecule has 6 nitrogen and oxygen atoms in total. The van der Waals surface area contributed by atoms with Gasteiger partial charge in [-0.2, -0.15) is 0 Å². The molecule has 1 aliphatic rings. The van der Waals surface area contributed by atoms with Crippen LogP contribution < -0.4 is 0 Å². The van der Waals surface area contributed by atoms with E-state index in [4.69, 9.17) is 0 Å². The number of carbonyl (C=O) groups excluding carboxylic acids is 2. The van der Waals surface area contributed by atoms with Crippen LogP contribution in [0.25, 0.3) is 0 Å². The maximum Gasteiger partial charge on any atom is 0.227 e. The molecule has 22 heavy (non-hydrogen) atoms. The number of carbonyl (C=O) groups is 2. The van der Waals surface area contributed by atoms with Crippen molar-refractivity contribution >= 4 is 23.0 Å². The SMILES string of the molecule is CC(=O)c1cc(CC(=O)N2Cc3nnc(C)n3C(C)C2)cs1. The number of hydrogen-bond acceptors (Lipinski definition) is 5. The van der Waals surface area contributed by atoms with Gasteiger partial charge < -0.3 is 9.47 Å². The van der Waals surface area contributed by atoms with E-state index in [1.807, 2.05) is 23.3 Å². The van der Waals surface area contributed by atoms with Crippen LogP contribution in [0.1, 0.15) is 46.8 Å². The van der Waals surface area contributed by atoms with Gasteiger partial charge in [0.05, 0.1) is 23.9 Å². The van der Waals surface area contributed by atoms with Crippen LogP contribution in [0.3, 0.4) is 0 Å². The number of nitrogens with zero attached hydrogens (tertiary/aromatic N) is 4. The fraction of sp³-hybridized carbons (Fsp3) is 0.467. The summed E-state index contributed by atoms with van der Waals surface area (Å²) < 4.78 is 2.09. The molecule has 1 amide bonds. The average molecular weight is 318 g/mol. The van der Waals surface area contributed by atoms with Crippen molar-refractivity contribution in [1.82, 2.24) is 19.7 Å². The smallest absolute Gasteiger partial charge is 0.227 e. The first-order valence-electron chi connectivity index (χ1n) is 7.22. The highest BCUT2D eigenvalue weighted by Gasteiger charge is 2.28. The number of thiophene rings is 1. The maximum absolute atomic E-state index is 12.5. The molecule has 0 aromatic carbocycles. The lowest BCUT2D eigenvalue weighted by Crippen LogP contribution is -2.41. The number of ketones is 1. The Balaban J connectivity index is 1.72. The van der Waals surface area contributed by atoms with Crippen LogP contribution in [0.4, 0.5) is 0 Å². The molecule has 2 aromatic rings. The van der Waals surface area contributed by atoms with Gasteiger partial charge in [-0.05, 0) is 37.8 Å². The lowest BCUT2D eigenvalue weighted by molar-refractivity contribution is -0.132. The minimum absolute atomic E-state index is 0.0406. The maximum atomic E-state index is 12.5. The van der Waals surface area contributed by atoms with Crippen molar-refractivity contribution in [2.45, 2.75) is 39.8 Å². The van der Waals surface area contributed by atoms with Gasteiger partial charge in [-0.3, -0.25) is 9.59 Å². The van der Waals surface area contributed by atoms with E-state index in [9.17, 15) is 9.59 Å². The summed E-state index contributed by atoms with van der Waals surface area (Å²) in [6.45, 7) is 6.69. The summed E-state index contributed by atoms with van der Waals surface area (Å²) in [6, 6.07) is 1.99. The van der Waals surface area contributed by atoms with E-state index in [-0.39, 0.29) is 17.7 Å². The van der Waals surface area contributed by atoms with Crippen LogP contribution in [-0.2, 0) is 17.8 Å². The molecule has 1 unspecified atom stereocenters. The number of aromatic nitrogens is 3. The van der Waals surface area contributed by atoms with Crippen LogP contribution in [0.2, 0.25) is 0 Å². The monoisotopic (exact) mass is 318 g/mol. The molecule has 1 aliphatic heterocycles. The standard InChI is InChI=1S/C15H18N4O2S/c1-9-6-18(7-14-17-16-11(3)19(9)14)15(21)5-12-4-13(10(2)20)22-8-12/h4,8-9H,5-7H2,1-3H3. The summed E-state index contributed by atoms with van der Waals surface area (Å²) >= 11 is 1.39. The Hall–Kier alpha value is -2.02. The molecule has 0 saturated carbocycles. The fourth-order valence-electron chi connectivity index (χ4n) is 2.86. The van der Waals surface area contributed by atoms with Crippen molar-refractivity contribution in [1.29, 1.82) is 0 Å². The highest BCUT2D eigenvalue weighted by atomic mass is 32.1. The molecule has 1 atom stereocenters. The second-order valence-electron chi connectivity index (χ2n) is 5.71. The third-order valence-electron chi connectivity index (χ3n) is 3.90. The molecule has 3 heterocycles. The molecule has 0 radical (unpaired) electrons. The molecule has 116 valence electrons. The molecule has 7 heteroatoms. The number of hydrogen-bond donors (Lipinski definition) is 0. The van der Waals surface area contributed by atoms with Gasteiger partial charge in [0.1, 0.15) is 5.82 Å². The Morgan fingerprint density at radius 1 is 1.41 bits per heavy atom. The van der Waals surface area contributed by atoms with Gasteiger partial charge in [-0.25, -0.2) is 0 Å². The Morgan fingerprint density at radius 3 is 2.86 bits per heavy atom. The zero-order valence-electron chi connectivity index (χ0n) is 12.9. The van der Waals surface area contributed by atoms with E-state index in [0.717, 1.165) is 17.2 Å². The number of amides is 1. The quantitative estimate of drug-likeness (QED) is 0.812. The summed E-state index contributed by atoms with van der Waals surface area (Å²) in [5, 5.41) is 10.1. The number of fused-ring (bicyclic) bond motifs is 1. The molecular weight excluding hydrogens is 300 g/mol. The predicted octanol–water partition coefficient (Wildman–Crippen LogP) is 2.00. The van der Waals surface area contributed by atoms with Crippen molar-refractivity contribution in [2.75, 3.05) is 6.54 Å². The van der Waals surface area contributed by atoms with Gasteiger partial charge in [0.15, 0.2) is 11.6 Å². The fourth-order valence-corrected chi connectivity index (χ4v) is 3.67. The van der Waals surface area contributed by atoms with Crippen molar-refractivity contribution < 1.29 is 9.59 Å². The number of aryl methyl sites for hydroxylation is 1. The number of Topliss-reactive ketones (excluding diaryl/α,β-unsaturated/α-hetero) is 1. The van der Waals surface area contributed by atoms with Crippen LogP contribution in [0.5, 0.6) is 0 Å². The summed E-state index contributed by atoms with van der Waals surface area (Å²) in [4.78, 5) is 26.3. The van der Waals surface area contributed by atoms with Crippen molar-refractivity contribution in [3.05, 3.63) is 33.5 Å². The lowest BCUT2D eigenvalue weighted by Gasteiger charge is -2.32. The van der Waals surface area contributed by atoms with Gasteiger partial charge >= 0.3 is 0 Å². The van der Waals surface area contributed by atoms with Crippen LogP contribution in [0.15, 0.2) is 11.4 Å². The molecule has 0 aliphatic carbocycles.